The Balaban J connectivity index is 4.52. The molecule has 0 aliphatic heterocycles. The lowest BCUT2D eigenvalue weighted by Gasteiger charge is -2.41. The van der Waals surface area contributed by atoms with Gasteiger partial charge >= 0.3 is 0 Å². The molecule has 0 aliphatic rings. The molecular formula is C14H32N2O. The highest BCUT2D eigenvalue weighted by atomic mass is 16.3. The number of aliphatic hydroxyl groups is 1. The molecule has 0 radical (unpaired) electrons. The molecule has 2 N–H and O–H groups in total. The van der Waals surface area contributed by atoms with E-state index >= 15 is 0 Å². The van der Waals surface area contributed by atoms with Gasteiger partial charge in [-0.25, -0.2) is 0 Å². The van der Waals surface area contributed by atoms with Crippen molar-refractivity contribution in [3.05, 3.63) is 0 Å². The Bertz CT molecular complexity index is 206. The van der Waals surface area contributed by atoms with Gasteiger partial charge in [-0.3, -0.25) is 4.90 Å². The fourth-order valence-corrected chi connectivity index (χ4v) is 2.16. The Morgan fingerprint density at radius 3 is 2.18 bits per heavy atom. The molecular weight excluding hydrogens is 212 g/mol. The molecule has 0 bridgehead atoms. The van der Waals surface area contributed by atoms with Crippen LogP contribution in [0.2, 0.25) is 0 Å². The first-order valence-electron chi connectivity index (χ1n) is 6.84. The van der Waals surface area contributed by atoms with Gasteiger partial charge in [-0.2, -0.15) is 0 Å². The fraction of sp³-hybridized carbons (Fsp3) is 1.00. The summed E-state index contributed by atoms with van der Waals surface area (Å²) in [7, 11) is 2.11. The summed E-state index contributed by atoms with van der Waals surface area (Å²) in [5.41, 5.74) is 0.146. The third-order valence-electron chi connectivity index (χ3n) is 3.69. The summed E-state index contributed by atoms with van der Waals surface area (Å²) in [5, 5.41) is 12.9. The molecule has 0 aromatic rings. The number of hydrogen-bond donors (Lipinski definition) is 2. The Morgan fingerprint density at radius 1 is 1.18 bits per heavy atom. The van der Waals surface area contributed by atoms with Crippen LogP contribution in [0.4, 0.5) is 0 Å². The molecule has 3 nitrogen and oxygen atoms in total. The molecule has 0 aliphatic carbocycles. The van der Waals surface area contributed by atoms with Crippen LogP contribution in [0, 0.1) is 5.41 Å². The van der Waals surface area contributed by atoms with E-state index in [0.29, 0.717) is 0 Å². The monoisotopic (exact) mass is 244 g/mol. The zero-order valence-corrected chi connectivity index (χ0v) is 12.6. The van der Waals surface area contributed by atoms with Gasteiger partial charge in [0.25, 0.3) is 0 Å². The molecule has 0 aromatic heterocycles. The van der Waals surface area contributed by atoms with Crippen LogP contribution >= 0.6 is 0 Å². The third kappa shape index (κ3) is 5.84. The van der Waals surface area contributed by atoms with Gasteiger partial charge in [0.1, 0.15) is 0 Å². The van der Waals surface area contributed by atoms with E-state index in [2.05, 4.69) is 51.9 Å². The van der Waals surface area contributed by atoms with Crippen LogP contribution in [0.1, 0.15) is 47.5 Å². The van der Waals surface area contributed by atoms with E-state index in [9.17, 15) is 5.11 Å². The fourth-order valence-electron chi connectivity index (χ4n) is 2.16. The van der Waals surface area contributed by atoms with Crippen molar-refractivity contribution in [2.75, 3.05) is 33.3 Å². The highest BCUT2D eigenvalue weighted by molar-refractivity contribution is 4.86. The van der Waals surface area contributed by atoms with Crippen molar-refractivity contribution in [2.24, 2.45) is 5.41 Å². The molecule has 17 heavy (non-hydrogen) atoms. The zero-order valence-electron chi connectivity index (χ0n) is 12.6. The van der Waals surface area contributed by atoms with Crippen molar-refractivity contribution in [3.8, 4) is 0 Å². The van der Waals surface area contributed by atoms with Gasteiger partial charge in [0.15, 0.2) is 0 Å². The molecule has 0 spiro atoms. The van der Waals surface area contributed by atoms with Crippen LogP contribution in [0.3, 0.4) is 0 Å². The molecule has 104 valence electrons. The van der Waals surface area contributed by atoms with Crippen LogP contribution in [0.25, 0.3) is 0 Å². The highest BCUT2D eigenvalue weighted by Crippen LogP contribution is 2.26. The Kier molecular flexibility index (Phi) is 7.29. The zero-order chi connectivity index (χ0) is 13.5. The maximum Gasteiger partial charge on any atom is 0.0609 e. The SMILES string of the molecule is CCCC(C)(CNCC)CN(C)C(C)(C)CO. The smallest absolute Gasteiger partial charge is 0.0609 e. The molecule has 0 fully saturated rings. The molecule has 0 aromatic carbocycles. The highest BCUT2D eigenvalue weighted by Gasteiger charge is 2.30. The summed E-state index contributed by atoms with van der Waals surface area (Å²) >= 11 is 0. The Labute approximate surface area is 108 Å². The molecule has 1 unspecified atom stereocenters. The summed E-state index contributed by atoms with van der Waals surface area (Å²) in [6, 6.07) is 0. The average molecular weight is 244 g/mol. The maximum atomic E-state index is 9.41. The van der Waals surface area contributed by atoms with Gasteiger partial charge in [0, 0.05) is 18.6 Å². The van der Waals surface area contributed by atoms with E-state index in [-0.39, 0.29) is 17.6 Å². The minimum Gasteiger partial charge on any atom is -0.394 e. The van der Waals surface area contributed by atoms with Gasteiger partial charge in [-0.15, -0.1) is 0 Å². The topological polar surface area (TPSA) is 35.5 Å². The Hall–Kier alpha value is -0.120. The van der Waals surface area contributed by atoms with Crippen LogP contribution in [-0.2, 0) is 0 Å². The number of aliphatic hydroxyl groups excluding tert-OH is 1. The molecule has 1 atom stereocenters. The number of rotatable bonds is 9. The lowest BCUT2D eigenvalue weighted by Crippen LogP contribution is -2.50. The van der Waals surface area contributed by atoms with Crippen molar-refractivity contribution in [3.63, 3.8) is 0 Å². The lowest BCUT2D eigenvalue weighted by atomic mass is 9.83. The molecule has 0 saturated carbocycles. The van der Waals surface area contributed by atoms with Crippen LogP contribution < -0.4 is 5.32 Å². The maximum absolute atomic E-state index is 9.41. The summed E-state index contributed by atoms with van der Waals surface area (Å²) in [4.78, 5) is 2.28. The van der Waals surface area contributed by atoms with Gasteiger partial charge in [0.2, 0.25) is 0 Å². The molecule has 3 heteroatoms. The largest absolute Gasteiger partial charge is 0.394 e. The first-order valence-corrected chi connectivity index (χ1v) is 6.84. The van der Waals surface area contributed by atoms with Crippen molar-refractivity contribution in [1.82, 2.24) is 10.2 Å². The van der Waals surface area contributed by atoms with E-state index in [4.69, 9.17) is 0 Å². The first kappa shape index (κ1) is 16.9. The van der Waals surface area contributed by atoms with Crippen molar-refractivity contribution in [2.45, 2.75) is 53.0 Å². The van der Waals surface area contributed by atoms with Crippen molar-refractivity contribution in [1.29, 1.82) is 0 Å². The van der Waals surface area contributed by atoms with E-state index in [1.54, 1.807) is 0 Å². The second-order valence-corrected chi connectivity index (χ2v) is 6.17. The predicted molar refractivity (Wildman–Crippen MR) is 75.4 cm³/mol. The number of nitrogens with zero attached hydrogens (tertiary/aromatic N) is 1. The summed E-state index contributed by atoms with van der Waals surface area (Å²) in [5.74, 6) is 0. The summed E-state index contributed by atoms with van der Waals surface area (Å²) in [6.45, 7) is 14.2. The second kappa shape index (κ2) is 7.34. The number of hydrogen-bond acceptors (Lipinski definition) is 3. The standard InChI is InChI=1S/C14H32N2O/c1-7-9-14(5,10-15-8-2)11-16(6)13(3,4)12-17/h15,17H,7-12H2,1-6H3. The number of likely N-dealkylation sites (N-methyl/N-ethyl adjacent to an activating group) is 1. The van der Waals surface area contributed by atoms with Gasteiger partial charge in [0.05, 0.1) is 6.61 Å². The Morgan fingerprint density at radius 2 is 1.76 bits per heavy atom. The van der Waals surface area contributed by atoms with Crippen LogP contribution in [0.5, 0.6) is 0 Å². The van der Waals surface area contributed by atoms with Gasteiger partial charge in [-0.1, -0.05) is 27.2 Å². The summed E-state index contributed by atoms with van der Waals surface area (Å²) in [6.07, 6.45) is 2.42. The van der Waals surface area contributed by atoms with Crippen LogP contribution in [-0.4, -0.2) is 48.8 Å². The van der Waals surface area contributed by atoms with Gasteiger partial charge < -0.3 is 10.4 Å². The van der Waals surface area contributed by atoms with E-state index in [1.165, 1.54) is 12.8 Å². The quantitative estimate of drug-likeness (QED) is 0.652. The minimum absolute atomic E-state index is 0.138. The molecule has 0 amide bonds. The summed E-state index contributed by atoms with van der Waals surface area (Å²) < 4.78 is 0. The van der Waals surface area contributed by atoms with E-state index in [1.807, 2.05) is 0 Å². The molecule has 0 rings (SSSR count). The van der Waals surface area contributed by atoms with Crippen LogP contribution in [0.15, 0.2) is 0 Å². The van der Waals surface area contributed by atoms with Crippen molar-refractivity contribution >= 4 is 0 Å². The normalized spacial score (nSPS) is 16.2. The number of nitrogens with one attached hydrogen (secondary N) is 1. The second-order valence-electron chi connectivity index (χ2n) is 6.17. The first-order chi connectivity index (χ1) is 7.81. The van der Waals surface area contributed by atoms with Gasteiger partial charge in [-0.05, 0) is 39.3 Å². The average Bonchev–Trinajstić information content (AvgIpc) is 2.26. The van der Waals surface area contributed by atoms with Crippen molar-refractivity contribution < 1.29 is 5.11 Å². The van der Waals surface area contributed by atoms with E-state index in [0.717, 1.165) is 19.6 Å². The molecule has 0 heterocycles. The predicted octanol–water partition coefficient (Wildman–Crippen LogP) is 2.11. The molecule has 0 saturated heterocycles. The third-order valence-corrected chi connectivity index (χ3v) is 3.69. The van der Waals surface area contributed by atoms with E-state index < -0.39 is 0 Å². The minimum atomic E-state index is -0.138. The lowest BCUT2D eigenvalue weighted by molar-refractivity contribution is 0.0424.